The standard InChI is InChI=1S/C14H16N4O3/c1-10-5-3-4-6-12(10)7-15-14(19)11(2)17-9-13(8-16-17)18(20)21/h3-6,8-9,11H,7H2,1-2H3,(H,15,19)/t11-/m1/s1. The van der Waals surface area contributed by atoms with Gasteiger partial charge >= 0.3 is 5.69 Å². The van der Waals surface area contributed by atoms with Crippen LogP contribution in [-0.4, -0.2) is 20.6 Å². The molecular formula is C14H16N4O3. The van der Waals surface area contributed by atoms with E-state index >= 15 is 0 Å². The minimum absolute atomic E-state index is 0.131. The van der Waals surface area contributed by atoms with Gasteiger partial charge in [-0.05, 0) is 25.0 Å². The van der Waals surface area contributed by atoms with Crippen molar-refractivity contribution in [1.82, 2.24) is 15.1 Å². The second-order valence-corrected chi connectivity index (χ2v) is 4.76. The van der Waals surface area contributed by atoms with Gasteiger partial charge < -0.3 is 5.32 Å². The lowest BCUT2D eigenvalue weighted by Crippen LogP contribution is -2.31. The van der Waals surface area contributed by atoms with Crippen molar-refractivity contribution in [1.29, 1.82) is 0 Å². The summed E-state index contributed by atoms with van der Waals surface area (Å²) >= 11 is 0. The molecule has 0 aliphatic carbocycles. The van der Waals surface area contributed by atoms with Gasteiger partial charge in [0.15, 0.2) is 0 Å². The summed E-state index contributed by atoms with van der Waals surface area (Å²) < 4.78 is 1.28. The van der Waals surface area contributed by atoms with E-state index in [0.29, 0.717) is 6.54 Å². The van der Waals surface area contributed by atoms with Crippen LogP contribution in [0.4, 0.5) is 5.69 Å². The average Bonchev–Trinajstić information content (AvgIpc) is 2.95. The summed E-state index contributed by atoms with van der Waals surface area (Å²) in [5.41, 5.74) is 2.00. The van der Waals surface area contributed by atoms with Crippen LogP contribution >= 0.6 is 0 Å². The molecule has 2 rings (SSSR count). The predicted octanol–water partition coefficient (Wildman–Crippen LogP) is 1.98. The van der Waals surface area contributed by atoms with E-state index in [0.717, 1.165) is 17.3 Å². The number of nitrogens with one attached hydrogen (secondary N) is 1. The summed E-state index contributed by atoms with van der Waals surface area (Å²) in [5, 5.41) is 17.3. The zero-order valence-corrected chi connectivity index (χ0v) is 11.8. The highest BCUT2D eigenvalue weighted by atomic mass is 16.6. The van der Waals surface area contributed by atoms with Crippen LogP contribution in [0, 0.1) is 17.0 Å². The first-order valence-corrected chi connectivity index (χ1v) is 6.50. The third-order valence-electron chi connectivity index (χ3n) is 3.29. The first-order valence-electron chi connectivity index (χ1n) is 6.50. The fourth-order valence-corrected chi connectivity index (χ4v) is 1.89. The number of hydrogen-bond donors (Lipinski definition) is 1. The van der Waals surface area contributed by atoms with Crippen LogP contribution in [-0.2, 0) is 11.3 Å². The van der Waals surface area contributed by atoms with Crippen LogP contribution < -0.4 is 5.32 Å². The number of aromatic nitrogens is 2. The van der Waals surface area contributed by atoms with Crippen molar-refractivity contribution in [2.45, 2.75) is 26.4 Å². The molecular weight excluding hydrogens is 272 g/mol. The largest absolute Gasteiger partial charge is 0.350 e. The summed E-state index contributed by atoms with van der Waals surface area (Å²) in [7, 11) is 0. The van der Waals surface area contributed by atoms with Crippen LogP contribution in [0.2, 0.25) is 0 Å². The molecule has 0 bridgehead atoms. The molecule has 0 saturated carbocycles. The Morgan fingerprint density at radius 3 is 2.81 bits per heavy atom. The fourth-order valence-electron chi connectivity index (χ4n) is 1.89. The maximum absolute atomic E-state index is 12.1. The number of carbonyl (C=O) groups is 1. The molecule has 0 fully saturated rings. The fraction of sp³-hybridized carbons (Fsp3) is 0.286. The van der Waals surface area contributed by atoms with Gasteiger partial charge in [-0.15, -0.1) is 0 Å². The highest BCUT2D eigenvalue weighted by molar-refractivity contribution is 5.79. The van der Waals surface area contributed by atoms with Crippen molar-refractivity contribution < 1.29 is 9.72 Å². The lowest BCUT2D eigenvalue weighted by molar-refractivity contribution is -0.385. The maximum atomic E-state index is 12.1. The van der Waals surface area contributed by atoms with E-state index in [9.17, 15) is 14.9 Å². The molecule has 21 heavy (non-hydrogen) atoms. The van der Waals surface area contributed by atoms with Gasteiger partial charge in [-0.25, -0.2) is 0 Å². The maximum Gasteiger partial charge on any atom is 0.307 e. The molecule has 1 heterocycles. The number of hydrogen-bond acceptors (Lipinski definition) is 4. The number of nitro groups is 1. The first-order chi connectivity index (χ1) is 9.99. The Kier molecular flexibility index (Phi) is 4.32. The van der Waals surface area contributed by atoms with Gasteiger partial charge in [0.05, 0.1) is 4.92 Å². The molecule has 0 aliphatic rings. The van der Waals surface area contributed by atoms with Gasteiger partial charge in [-0.1, -0.05) is 24.3 Å². The SMILES string of the molecule is Cc1ccccc1CNC(=O)[C@@H](C)n1cc([N+](=O)[O-])cn1. The van der Waals surface area contributed by atoms with Gasteiger partial charge in [0.2, 0.25) is 5.91 Å². The molecule has 0 aliphatic heterocycles. The second kappa shape index (κ2) is 6.17. The molecule has 7 heteroatoms. The molecule has 1 amide bonds. The summed E-state index contributed by atoms with van der Waals surface area (Å²) in [6.07, 6.45) is 2.38. The monoisotopic (exact) mass is 288 g/mol. The lowest BCUT2D eigenvalue weighted by Gasteiger charge is -2.13. The topological polar surface area (TPSA) is 90.1 Å². The molecule has 0 spiro atoms. The summed E-state index contributed by atoms with van der Waals surface area (Å²) in [6, 6.07) is 7.16. The van der Waals surface area contributed by atoms with E-state index in [-0.39, 0.29) is 11.6 Å². The number of benzene rings is 1. The number of amides is 1. The molecule has 1 aromatic heterocycles. The zero-order valence-electron chi connectivity index (χ0n) is 11.8. The van der Waals surface area contributed by atoms with E-state index in [2.05, 4.69) is 10.4 Å². The van der Waals surface area contributed by atoms with Crippen LogP contribution in [0.15, 0.2) is 36.7 Å². The predicted molar refractivity (Wildman–Crippen MR) is 76.6 cm³/mol. The van der Waals surface area contributed by atoms with Gasteiger partial charge in [-0.2, -0.15) is 5.10 Å². The Labute approximate surface area is 121 Å². The molecule has 1 aromatic carbocycles. The van der Waals surface area contributed by atoms with Crippen molar-refractivity contribution in [3.05, 3.63) is 57.9 Å². The average molecular weight is 288 g/mol. The van der Waals surface area contributed by atoms with Crippen LogP contribution in [0.3, 0.4) is 0 Å². The Balaban J connectivity index is 1.99. The molecule has 2 aromatic rings. The van der Waals surface area contributed by atoms with Gasteiger partial charge in [-0.3, -0.25) is 19.6 Å². The second-order valence-electron chi connectivity index (χ2n) is 4.76. The molecule has 110 valence electrons. The molecule has 1 N–H and O–H groups in total. The van der Waals surface area contributed by atoms with Crippen LogP contribution in [0.1, 0.15) is 24.1 Å². The van der Waals surface area contributed by atoms with Gasteiger partial charge in [0, 0.05) is 6.54 Å². The number of aryl methyl sites for hydroxylation is 1. The number of rotatable bonds is 5. The van der Waals surface area contributed by atoms with Gasteiger partial charge in [0.25, 0.3) is 0 Å². The third kappa shape index (κ3) is 3.44. The van der Waals surface area contributed by atoms with Crippen molar-refractivity contribution in [2.75, 3.05) is 0 Å². The van der Waals surface area contributed by atoms with E-state index < -0.39 is 11.0 Å². The summed E-state index contributed by atoms with van der Waals surface area (Å²) in [5.74, 6) is -0.240. The van der Waals surface area contributed by atoms with Crippen LogP contribution in [0.25, 0.3) is 0 Å². The Morgan fingerprint density at radius 2 is 2.19 bits per heavy atom. The molecule has 1 atom stereocenters. The van der Waals surface area contributed by atoms with E-state index in [1.807, 2.05) is 31.2 Å². The minimum Gasteiger partial charge on any atom is -0.350 e. The normalized spacial score (nSPS) is 11.9. The lowest BCUT2D eigenvalue weighted by atomic mass is 10.1. The van der Waals surface area contributed by atoms with E-state index in [1.54, 1.807) is 6.92 Å². The number of nitrogens with zero attached hydrogens (tertiary/aromatic N) is 3. The van der Waals surface area contributed by atoms with Crippen LogP contribution in [0.5, 0.6) is 0 Å². The van der Waals surface area contributed by atoms with E-state index in [4.69, 9.17) is 0 Å². The van der Waals surface area contributed by atoms with Crippen molar-refractivity contribution in [3.8, 4) is 0 Å². The third-order valence-corrected chi connectivity index (χ3v) is 3.29. The minimum atomic E-state index is -0.609. The summed E-state index contributed by atoms with van der Waals surface area (Å²) in [6.45, 7) is 4.03. The zero-order chi connectivity index (χ0) is 15.4. The number of carbonyl (C=O) groups excluding carboxylic acids is 1. The first kappa shape index (κ1) is 14.7. The highest BCUT2D eigenvalue weighted by Crippen LogP contribution is 2.13. The van der Waals surface area contributed by atoms with Gasteiger partial charge in [0.1, 0.15) is 18.4 Å². The van der Waals surface area contributed by atoms with Crippen molar-refractivity contribution >= 4 is 11.6 Å². The summed E-state index contributed by atoms with van der Waals surface area (Å²) in [4.78, 5) is 22.1. The Bertz CT molecular complexity index is 666. The molecule has 0 saturated heterocycles. The Hall–Kier alpha value is -2.70. The molecule has 7 nitrogen and oxygen atoms in total. The smallest absolute Gasteiger partial charge is 0.307 e. The van der Waals surface area contributed by atoms with Crippen molar-refractivity contribution in [2.24, 2.45) is 0 Å². The van der Waals surface area contributed by atoms with Crippen molar-refractivity contribution in [3.63, 3.8) is 0 Å². The quantitative estimate of drug-likeness (QED) is 0.672. The molecule has 0 radical (unpaired) electrons. The highest BCUT2D eigenvalue weighted by Gasteiger charge is 2.18. The van der Waals surface area contributed by atoms with E-state index in [1.165, 1.54) is 10.9 Å². The molecule has 0 unspecified atom stereocenters. The Morgan fingerprint density at radius 1 is 1.48 bits per heavy atom.